The van der Waals surface area contributed by atoms with Crippen LogP contribution in [0.1, 0.15) is 40.0 Å². The molecular weight excluding hydrogens is 178 g/mol. The summed E-state index contributed by atoms with van der Waals surface area (Å²) in [6.07, 6.45) is 1.91. The van der Waals surface area contributed by atoms with Gasteiger partial charge in [0.05, 0.1) is 11.5 Å². The molecule has 1 amide bonds. The number of nitrogens with two attached hydrogens (primary N) is 1. The summed E-state index contributed by atoms with van der Waals surface area (Å²) in [5, 5.41) is 10.0. The second kappa shape index (κ2) is 2.32. The third kappa shape index (κ3) is 0.724. The van der Waals surface area contributed by atoms with Crippen molar-refractivity contribution < 1.29 is 9.90 Å². The first-order chi connectivity index (χ1) is 6.28. The summed E-state index contributed by atoms with van der Waals surface area (Å²) in [6.45, 7) is 6.22. The van der Waals surface area contributed by atoms with Gasteiger partial charge in [0, 0.05) is 0 Å². The topological polar surface area (TPSA) is 63.3 Å². The Hall–Kier alpha value is -0.570. The van der Waals surface area contributed by atoms with Crippen LogP contribution in [0.5, 0.6) is 0 Å². The quantitative estimate of drug-likeness (QED) is 0.660. The molecule has 0 radical (unpaired) electrons. The smallest absolute Gasteiger partial charge is 0.224 e. The molecule has 0 saturated heterocycles. The largest absolute Gasteiger partial charge is 0.393 e. The molecular formula is C11H19NO2. The van der Waals surface area contributed by atoms with Crippen molar-refractivity contribution in [3.05, 3.63) is 0 Å². The first-order valence-electron chi connectivity index (χ1n) is 5.26. The van der Waals surface area contributed by atoms with Gasteiger partial charge in [0.15, 0.2) is 0 Å². The van der Waals surface area contributed by atoms with Crippen LogP contribution in [-0.2, 0) is 4.79 Å². The summed E-state index contributed by atoms with van der Waals surface area (Å²) < 4.78 is 0. The number of fused-ring (bicyclic) bond motifs is 2. The predicted octanol–water partition coefficient (Wildman–Crippen LogP) is 1.05. The number of hydrogen-bond donors (Lipinski definition) is 2. The van der Waals surface area contributed by atoms with Gasteiger partial charge in [-0.3, -0.25) is 4.79 Å². The van der Waals surface area contributed by atoms with E-state index in [4.69, 9.17) is 5.73 Å². The highest BCUT2D eigenvalue weighted by Crippen LogP contribution is 2.71. The number of hydrogen-bond acceptors (Lipinski definition) is 2. The van der Waals surface area contributed by atoms with Crippen molar-refractivity contribution in [1.29, 1.82) is 0 Å². The number of aliphatic hydroxyl groups excluding tert-OH is 1. The Balaban J connectivity index is 2.54. The van der Waals surface area contributed by atoms with Crippen LogP contribution in [0, 0.1) is 16.2 Å². The van der Waals surface area contributed by atoms with Crippen molar-refractivity contribution in [2.75, 3.05) is 0 Å². The Morgan fingerprint density at radius 2 is 1.93 bits per heavy atom. The van der Waals surface area contributed by atoms with Crippen LogP contribution in [0.25, 0.3) is 0 Å². The van der Waals surface area contributed by atoms with Crippen LogP contribution < -0.4 is 5.73 Å². The molecule has 0 aromatic rings. The average Bonchev–Trinajstić information content (AvgIpc) is 2.34. The van der Waals surface area contributed by atoms with E-state index < -0.39 is 5.41 Å². The van der Waals surface area contributed by atoms with Gasteiger partial charge in [0.25, 0.3) is 0 Å². The van der Waals surface area contributed by atoms with E-state index in [9.17, 15) is 9.90 Å². The van der Waals surface area contributed by atoms with Crippen molar-refractivity contribution in [1.82, 2.24) is 0 Å². The maximum Gasteiger partial charge on any atom is 0.224 e. The molecule has 2 aliphatic rings. The molecule has 2 bridgehead atoms. The van der Waals surface area contributed by atoms with Crippen LogP contribution in [0.4, 0.5) is 0 Å². The summed E-state index contributed by atoms with van der Waals surface area (Å²) in [6, 6.07) is 0. The van der Waals surface area contributed by atoms with Crippen LogP contribution in [0.2, 0.25) is 0 Å². The molecule has 2 aliphatic carbocycles. The molecule has 0 aromatic carbocycles. The molecule has 3 atom stereocenters. The van der Waals surface area contributed by atoms with Crippen LogP contribution in [-0.4, -0.2) is 17.1 Å². The first kappa shape index (κ1) is 9.97. The second-order valence-corrected chi connectivity index (χ2v) is 5.71. The molecule has 0 aliphatic heterocycles. The number of primary amides is 1. The molecule has 2 saturated carbocycles. The summed E-state index contributed by atoms with van der Waals surface area (Å²) in [7, 11) is 0. The third-order valence-electron chi connectivity index (χ3n) is 5.44. The van der Waals surface area contributed by atoms with Gasteiger partial charge in [0.1, 0.15) is 0 Å². The SMILES string of the molecule is CC1(C)[C@@]2(C(N)=O)CC[C@]1(C)[C@@H](O)C2. The van der Waals surface area contributed by atoms with Gasteiger partial charge in [-0.15, -0.1) is 0 Å². The van der Waals surface area contributed by atoms with Gasteiger partial charge < -0.3 is 10.8 Å². The summed E-state index contributed by atoms with van der Waals surface area (Å²) in [4.78, 5) is 11.6. The van der Waals surface area contributed by atoms with Gasteiger partial charge in [-0.1, -0.05) is 20.8 Å². The van der Waals surface area contributed by atoms with Crippen molar-refractivity contribution in [2.45, 2.75) is 46.1 Å². The normalized spacial score (nSPS) is 49.6. The molecule has 3 nitrogen and oxygen atoms in total. The lowest BCUT2D eigenvalue weighted by Crippen LogP contribution is -2.44. The molecule has 3 N–H and O–H groups in total. The van der Waals surface area contributed by atoms with Crippen molar-refractivity contribution in [3.63, 3.8) is 0 Å². The molecule has 0 spiro atoms. The van der Waals surface area contributed by atoms with Crippen LogP contribution in [0.3, 0.4) is 0 Å². The Morgan fingerprint density at radius 3 is 2.14 bits per heavy atom. The number of carbonyl (C=O) groups excluding carboxylic acids is 1. The highest BCUT2D eigenvalue weighted by atomic mass is 16.3. The minimum absolute atomic E-state index is 0.137. The summed E-state index contributed by atoms with van der Waals surface area (Å²) >= 11 is 0. The number of carbonyl (C=O) groups is 1. The average molecular weight is 197 g/mol. The molecule has 0 unspecified atom stereocenters. The van der Waals surface area contributed by atoms with Crippen LogP contribution in [0.15, 0.2) is 0 Å². The first-order valence-corrected chi connectivity index (χ1v) is 5.26. The maximum atomic E-state index is 11.6. The molecule has 14 heavy (non-hydrogen) atoms. The monoisotopic (exact) mass is 197 g/mol. The number of rotatable bonds is 1. The zero-order chi connectivity index (χ0) is 10.8. The zero-order valence-electron chi connectivity index (χ0n) is 9.13. The van der Waals surface area contributed by atoms with E-state index in [1.54, 1.807) is 0 Å². The number of aliphatic hydroxyl groups is 1. The van der Waals surface area contributed by atoms with Gasteiger partial charge in [-0.2, -0.15) is 0 Å². The van der Waals surface area contributed by atoms with E-state index in [0.717, 1.165) is 12.8 Å². The van der Waals surface area contributed by atoms with Crippen molar-refractivity contribution in [3.8, 4) is 0 Å². The highest BCUT2D eigenvalue weighted by molar-refractivity contribution is 5.83. The van der Waals surface area contributed by atoms with E-state index in [1.165, 1.54) is 0 Å². The number of amides is 1. The Kier molecular flexibility index (Phi) is 1.65. The fraction of sp³-hybridized carbons (Fsp3) is 0.909. The van der Waals surface area contributed by atoms with E-state index in [1.807, 2.05) is 0 Å². The fourth-order valence-corrected chi connectivity index (χ4v) is 3.67. The molecule has 0 aromatic heterocycles. The summed E-state index contributed by atoms with van der Waals surface area (Å²) in [5.41, 5.74) is 4.73. The van der Waals surface area contributed by atoms with Gasteiger partial charge >= 0.3 is 0 Å². The molecule has 80 valence electrons. The third-order valence-corrected chi connectivity index (χ3v) is 5.44. The molecule has 3 heteroatoms. The Morgan fingerprint density at radius 1 is 1.36 bits per heavy atom. The lowest BCUT2D eigenvalue weighted by molar-refractivity contribution is -0.132. The highest BCUT2D eigenvalue weighted by Gasteiger charge is 2.71. The molecule has 0 heterocycles. The van der Waals surface area contributed by atoms with Gasteiger partial charge in [-0.05, 0) is 30.1 Å². The van der Waals surface area contributed by atoms with Gasteiger partial charge in [-0.25, -0.2) is 0 Å². The van der Waals surface area contributed by atoms with Gasteiger partial charge in [0.2, 0.25) is 5.91 Å². The maximum absolute atomic E-state index is 11.6. The minimum Gasteiger partial charge on any atom is -0.393 e. The molecule has 2 rings (SSSR count). The van der Waals surface area contributed by atoms with Crippen LogP contribution >= 0.6 is 0 Å². The van der Waals surface area contributed by atoms with E-state index >= 15 is 0 Å². The minimum atomic E-state index is -0.471. The standard InChI is InChI=1S/C11H19NO2/c1-9(2)10(3)4-5-11(9,8(12)14)6-7(10)13/h7,13H,4-6H2,1-3H3,(H2,12,14)/t7-,10+,11-/m0/s1. The fourth-order valence-electron chi connectivity index (χ4n) is 3.67. The predicted molar refractivity (Wildman–Crippen MR) is 53.4 cm³/mol. The van der Waals surface area contributed by atoms with E-state index in [-0.39, 0.29) is 22.8 Å². The van der Waals surface area contributed by atoms with E-state index in [0.29, 0.717) is 6.42 Å². The Bertz CT molecular complexity index is 300. The summed E-state index contributed by atoms with van der Waals surface area (Å²) in [5.74, 6) is -0.234. The lowest BCUT2D eigenvalue weighted by Gasteiger charge is -2.39. The second-order valence-electron chi connectivity index (χ2n) is 5.71. The lowest BCUT2D eigenvalue weighted by atomic mass is 9.64. The van der Waals surface area contributed by atoms with E-state index in [2.05, 4.69) is 20.8 Å². The van der Waals surface area contributed by atoms with Crippen molar-refractivity contribution >= 4 is 5.91 Å². The zero-order valence-corrected chi connectivity index (χ0v) is 9.13. The molecule has 2 fully saturated rings. The Labute approximate surface area is 84.7 Å². The van der Waals surface area contributed by atoms with Crippen molar-refractivity contribution in [2.24, 2.45) is 22.0 Å².